The van der Waals surface area contributed by atoms with Crippen LogP contribution in [0.4, 0.5) is 0 Å². The van der Waals surface area contributed by atoms with Gasteiger partial charge >= 0.3 is 0 Å². The molecule has 2 aromatic carbocycles. The Hall–Kier alpha value is -2.46. The first-order valence-corrected chi connectivity index (χ1v) is 8.07. The Morgan fingerprint density at radius 3 is 2.42 bits per heavy atom. The van der Waals surface area contributed by atoms with E-state index in [4.69, 9.17) is 11.6 Å². The predicted octanol–water partition coefficient (Wildman–Crippen LogP) is 4.97. The number of benzene rings is 2. The van der Waals surface area contributed by atoms with Gasteiger partial charge in [0.2, 0.25) is 0 Å². The summed E-state index contributed by atoms with van der Waals surface area (Å²) in [7, 11) is 0. The molecule has 2 unspecified atom stereocenters. The average Bonchev–Trinajstić information content (AvgIpc) is 2.54. The third-order valence-electron chi connectivity index (χ3n) is 4.31. The zero-order valence-electron chi connectivity index (χ0n) is 13.4. The van der Waals surface area contributed by atoms with Gasteiger partial charge in [-0.05, 0) is 42.7 Å². The van der Waals surface area contributed by atoms with E-state index in [0.29, 0.717) is 10.7 Å². The molecular weight excluding hydrogens is 324 g/mol. The molecule has 2 atom stereocenters. The first-order valence-electron chi connectivity index (χ1n) is 7.69. The van der Waals surface area contributed by atoms with Crippen LogP contribution in [-0.4, -0.2) is 16.7 Å². The van der Waals surface area contributed by atoms with Crippen LogP contribution < -0.4 is 0 Å². The van der Waals surface area contributed by atoms with Crippen molar-refractivity contribution < 1.29 is 4.92 Å². The SMILES string of the molecule is CC1=NC(C)=C(c2ccccc2)C(c2cccc(Cl)c2)C1[N+](=O)[O-]. The maximum absolute atomic E-state index is 11.8. The molecule has 2 aromatic rings. The summed E-state index contributed by atoms with van der Waals surface area (Å²) < 4.78 is 0. The molecule has 0 bridgehead atoms. The molecule has 0 saturated carbocycles. The van der Waals surface area contributed by atoms with Crippen LogP contribution in [0.25, 0.3) is 5.57 Å². The van der Waals surface area contributed by atoms with Gasteiger partial charge in [-0.2, -0.15) is 0 Å². The minimum Gasteiger partial charge on any atom is -0.264 e. The standard InChI is InChI=1S/C19H17ClN2O2/c1-12-17(14-7-4-3-5-8-14)18(15-9-6-10-16(20)11-15)19(22(23)24)13(2)21-12/h3-11,18-19H,1-2H3. The van der Waals surface area contributed by atoms with Gasteiger partial charge in [0.05, 0.1) is 11.6 Å². The van der Waals surface area contributed by atoms with Crippen molar-refractivity contribution in [1.29, 1.82) is 0 Å². The zero-order valence-corrected chi connectivity index (χ0v) is 14.2. The number of aliphatic imine (C=N–C) groups is 1. The lowest BCUT2D eigenvalue weighted by atomic mass is 9.77. The molecular formula is C19H17ClN2O2. The third kappa shape index (κ3) is 2.97. The lowest BCUT2D eigenvalue weighted by Crippen LogP contribution is -2.37. The number of halogens is 1. The van der Waals surface area contributed by atoms with Gasteiger partial charge in [-0.1, -0.05) is 54.1 Å². The van der Waals surface area contributed by atoms with E-state index in [-0.39, 0.29) is 4.92 Å². The highest BCUT2D eigenvalue weighted by molar-refractivity contribution is 6.30. The summed E-state index contributed by atoms with van der Waals surface area (Å²) in [5, 5.41) is 12.4. The molecule has 1 aliphatic heterocycles. The second-order valence-corrected chi connectivity index (χ2v) is 6.32. The van der Waals surface area contributed by atoms with Crippen LogP contribution >= 0.6 is 11.6 Å². The van der Waals surface area contributed by atoms with Crippen molar-refractivity contribution >= 4 is 22.9 Å². The molecule has 24 heavy (non-hydrogen) atoms. The molecule has 3 rings (SSSR count). The smallest absolute Gasteiger partial charge is 0.261 e. The fraction of sp³-hybridized carbons (Fsp3) is 0.211. The predicted molar refractivity (Wildman–Crippen MR) is 97.1 cm³/mol. The topological polar surface area (TPSA) is 55.5 Å². The summed E-state index contributed by atoms with van der Waals surface area (Å²) >= 11 is 6.14. The van der Waals surface area contributed by atoms with Gasteiger partial charge in [0.25, 0.3) is 6.04 Å². The van der Waals surface area contributed by atoms with Gasteiger partial charge in [0, 0.05) is 15.6 Å². The number of hydrogen-bond donors (Lipinski definition) is 0. The summed E-state index contributed by atoms with van der Waals surface area (Å²) in [6, 6.07) is 16.1. The number of nitro groups is 1. The highest BCUT2D eigenvalue weighted by Crippen LogP contribution is 2.42. The van der Waals surface area contributed by atoms with Crippen LogP contribution in [0, 0.1) is 10.1 Å². The highest BCUT2D eigenvalue weighted by Gasteiger charge is 2.42. The minimum absolute atomic E-state index is 0.250. The summed E-state index contributed by atoms with van der Waals surface area (Å²) in [5.41, 5.74) is 3.98. The second-order valence-electron chi connectivity index (χ2n) is 5.88. The molecule has 0 N–H and O–H groups in total. The molecule has 0 fully saturated rings. The monoisotopic (exact) mass is 340 g/mol. The molecule has 122 valence electrons. The first-order chi connectivity index (χ1) is 11.5. The first kappa shape index (κ1) is 16.4. The maximum Gasteiger partial charge on any atom is 0.261 e. The van der Waals surface area contributed by atoms with E-state index >= 15 is 0 Å². The van der Waals surface area contributed by atoms with Crippen molar-refractivity contribution in [2.75, 3.05) is 0 Å². The number of allylic oxidation sites excluding steroid dienone is 1. The van der Waals surface area contributed by atoms with Gasteiger partial charge in [-0.3, -0.25) is 15.1 Å². The zero-order chi connectivity index (χ0) is 17.3. The molecule has 0 radical (unpaired) electrons. The molecule has 0 amide bonds. The van der Waals surface area contributed by atoms with E-state index < -0.39 is 12.0 Å². The van der Waals surface area contributed by atoms with Crippen LogP contribution in [0.1, 0.15) is 30.9 Å². The van der Waals surface area contributed by atoms with Gasteiger partial charge < -0.3 is 0 Å². The lowest BCUT2D eigenvalue weighted by Gasteiger charge is -2.29. The Morgan fingerprint density at radius 2 is 1.79 bits per heavy atom. The molecule has 4 nitrogen and oxygen atoms in total. The van der Waals surface area contributed by atoms with Gasteiger partial charge in [-0.25, -0.2) is 0 Å². The summed E-state index contributed by atoms with van der Waals surface area (Å²) in [4.78, 5) is 16.0. The van der Waals surface area contributed by atoms with Gasteiger partial charge in [0.1, 0.15) is 0 Å². The Labute approximate surface area is 145 Å². The third-order valence-corrected chi connectivity index (χ3v) is 4.54. The minimum atomic E-state index is -0.901. The summed E-state index contributed by atoms with van der Waals surface area (Å²) in [5.74, 6) is -0.418. The quantitative estimate of drug-likeness (QED) is 0.584. The van der Waals surface area contributed by atoms with E-state index in [0.717, 1.165) is 22.4 Å². The van der Waals surface area contributed by atoms with Crippen LogP contribution in [-0.2, 0) is 0 Å². The molecule has 1 heterocycles. The van der Waals surface area contributed by atoms with E-state index in [1.54, 1.807) is 19.1 Å². The lowest BCUT2D eigenvalue weighted by molar-refractivity contribution is -0.504. The largest absolute Gasteiger partial charge is 0.264 e. The Bertz CT molecular complexity index is 843. The van der Waals surface area contributed by atoms with Crippen molar-refractivity contribution in [3.63, 3.8) is 0 Å². The Kier molecular flexibility index (Phi) is 4.49. The van der Waals surface area contributed by atoms with Crippen molar-refractivity contribution in [2.45, 2.75) is 25.8 Å². The van der Waals surface area contributed by atoms with Crippen LogP contribution in [0.5, 0.6) is 0 Å². The van der Waals surface area contributed by atoms with Crippen LogP contribution in [0.3, 0.4) is 0 Å². The van der Waals surface area contributed by atoms with Gasteiger partial charge in [0.15, 0.2) is 0 Å². The highest BCUT2D eigenvalue weighted by atomic mass is 35.5. The molecule has 5 heteroatoms. The van der Waals surface area contributed by atoms with Crippen molar-refractivity contribution in [3.05, 3.63) is 86.6 Å². The van der Waals surface area contributed by atoms with E-state index in [9.17, 15) is 10.1 Å². The summed E-state index contributed by atoms with van der Waals surface area (Å²) in [6.45, 7) is 3.62. The fourth-order valence-electron chi connectivity index (χ4n) is 3.34. The number of rotatable bonds is 3. The fourth-order valence-corrected chi connectivity index (χ4v) is 3.54. The van der Waals surface area contributed by atoms with Crippen molar-refractivity contribution in [2.24, 2.45) is 4.99 Å². The van der Waals surface area contributed by atoms with Gasteiger partial charge in [-0.15, -0.1) is 0 Å². The Morgan fingerprint density at radius 1 is 1.08 bits per heavy atom. The molecule has 0 spiro atoms. The van der Waals surface area contributed by atoms with E-state index in [1.807, 2.05) is 49.4 Å². The number of hydrogen-bond acceptors (Lipinski definition) is 3. The molecule has 0 saturated heterocycles. The molecule has 1 aliphatic rings. The van der Waals surface area contributed by atoms with E-state index in [2.05, 4.69) is 4.99 Å². The Balaban J connectivity index is 2.25. The normalized spacial score (nSPS) is 20.7. The molecule has 0 aliphatic carbocycles. The van der Waals surface area contributed by atoms with E-state index in [1.165, 1.54) is 0 Å². The average molecular weight is 341 g/mol. The number of nitrogens with zero attached hydrogens (tertiary/aromatic N) is 2. The maximum atomic E-state index is 11.8. The second kappa shape index (κ2) is 6.57. The summed E-state index contributed by atoms with van der Waals surface area (Å²) in [6.07, 6.45) is 0. The van der Waals surface area contributed by atoms with Crippen molar-refractivity contribution in [3.8, 4) is 0 Å². The van der Waals surface area contributed by atoms with Crippen LogP contribution in [0.15, 0.2) is 65.3 Å². The molecule has 0 aromatic heterocycles. The van der Waals surface area contributed by atoms with Crippen molar-refractivity contribution in [1.82, 2.24) is 0 Å². The van der Waals surface area contributed by atoms with Crippen LogP contribution in [0.2, 0.25) is 5.02 Å².